The molecule has 0 amide bonds. The second kappa shape index (κ2) is 6.42. The number of fused-ring (bicyclic) bond motifs is 4. The van der Waals surface area contributed by atoms with Crippen LogP contribution in [0.3, 0.4) is 0 Å². The van der Waals surface area contributed by atoms with Gasteiger partial charge in [0.1, 0.15) is 16.3 Å². The Morgan fingerprint density at radius 3 is 2.31 bits per heavy atom. The number of ketones is 1. The van der Waals surface area contributed by atoms with E-state index in [0.29, 0.717) is 33.9 Å². The van der Waals surface area contributed by atoms with E-state index in [1.54, 1.807) is 0 Å². The molecular weight excluding hydrogens is 371 g/mol. The Bertz CT molecular complexity index is 605. The molecule has 1 unspecified atom stereocenters. The second-order valence-electron chi connectivity index (χ2n) is 8.67. The van der Waals surface area contributed by atoms with Gasteiger partial charge in [-0.1, -0.05) is 13.8 Å². The first-order valence-electron chi connectivity index (χ1n) is 9.19. The van der Waals surface area contributed by atoms with Crippen molar-refractivity contribution in [2.75, 3.05) is 5.75 Å². The Morgan fingerprint density at radius 2 is 1.85 bits per heavy atom. The lowest BCUT2D eigenvalue weighted by Crippen LogP contribution is -2.54. The molecular formula is C17H25BF4O3S. The Balaban J connectivity index is 0.000000349. The van der Waals surface area contributed by atoms with Gasteiger partial charge in [-0.2, -0.15) is 0 Å². The number of Topliss-reactive ketones (excluding diaryl/α,β-unsaturated/α-hetero) is 1. The first-order chi connectivity index (χ1) is 11.9. The Labute approximate surface area is 153 Å². The number of aliphatic carboxylic acids is 1. The second-order valence-corrected chi connectivity index (χ2v) is 11.1. The normalized spacial score (nSPS) is 42.7. The van der Waals surface area contributed by atoms with Crippen LogP contribution in [0.25, 0.3) is 0 Å². The van der Waals surface area contributed by atoms with Crippen molar-refractivity contribution in [1.29, 1.82) is 0 Å². The number of hydrogen-bond donors (Lipinski definition) is 1. The highest BCUT2D eigenvalue weighted by atomic mass is 32.2. The van der Waals surface area contributed by atoms with Crippen molar-refractivity contribution in [3.63, 3.8) is 0 Å². The number of carbonyl (C=O) groups excluding carboxylic acids is 1. The third kappa shape index (κ3) is 3.08. The lowest BCUT2D eigenvalue weighted by molar-refractivity contribution is -0.134. The first kappa shape index (κ1) is 20.0. The molecule has 3 nitrogen and oxygen atoms in total. The molecule has 1 aliphatic heterocycles. The van der Waals surface area contributed by atoms with Crippen LogP contribution >= 0.6 is 0 Å². The van der Waals surface area contributed by atoms with Crippen molar-refractivity contribution in [1.82, 2.24) is 0 Å². The van der Waals surface area contributed by atoms with Crippen molar-refractivity contribution in [3.05, 3.63) is 0 Å². The fourth-order valence-electron chi connectivity index (χ4n) is 6.37. The first-order valence-corrected chi connectivity index (χ1v) is 10.7. The zero-order valence-electron chi connectivity index (χ0n) is 15.0. The molecule has 6 atom stereocenters. The molecule has 4 rings (SSSR count). The highest BCUT2D eigenvalue weighted by Gasteiger charge is 2.75. The summed E-state index contributed by atoms with van der Waals surface area (Å²) in [6.45, 7) is 4.59. The van der Waals surface area contributed by atoms with Crippen molar-refractivity contribution >= 4 is 29.9 Å². The van der Waals surface area contributed by atoms with Crippen molar-refractivity contribution in [2.45, 2.75) is 62.9 Å². The summed E-state index contributed by atoms with van der Waals surface area (Å²) in [5, 5.41) is 10.3. The highest BCUT2D eigenvalue weighted by Crippen LogP contribution is 2.70. The van der Waals surface area contributed by atoms with Crippen LogP contribution in [0.1, 0.15) is 52.4 Å². The minimum absolute atomic E-state index is 0.0733. The number of hydrogen-bond acceptors (Lipinski definition) is 2. The standard InChI is InChI=1S/C17H24O3S.BF4/c1-16(2)11-5-6-17(16,13(18)8-11)15-10-3-4-12(7-10)21(15)9-14(19)20;2-1(3,4)5/h10-12,15H,3-9H2,1-2H3;/q;-1/p+1/t10-,11-,12+,15+,17+,21?;/m0./s1. The van der Waals surface area contributed by atoms with Crippen LogP contribution in [0.15, 0.2) is 0 Å². The molecule has 9 heteroatoms. The van der Waals surface area contributed by atoms with Crippen molar-refractivity contribution < 1.29 is 32.0 Å². The summed E-state index contributed by atoms with van der Waals surface area (Å²) in [4.78, 5) is 24.3. The molecule has 1 N–H and O–H groups in total. The summed E-state index contributed by atoms with van der Waals surface area (Å²) < 4.78 is 39.0. The minimum atomic E-state index is -6.00. The monoisotopic (exact) mass is 396 g/mol. The predicted molar refractivity (Wildman–Crippen MR) is 93.5 cm³/mol. The Morgan fingerprint density at radius 1 is 1.23 bits per heavy atom. The van der Waals surface area contributed by atoms with E-state index in [2.05, 4.69) is 13.8 Å². The molecule has 4 bridgehead atoms. The lowest BCUT2D eigenvalue weighted by Gasteiger charge is -2.43. The van der Waals surface area contributed by atoms with Gasteiger partial charge in [0, 0.05) is 29.7 Å². The van der Waals surface area contributed by atoms with Crippen LogP contribution < -0.4 is 0 Å². The molecule has 1 saturated heterocycles. The largest absolute Gasteiger partial charge is 0.673 e. The van der Waals surface area contributed by atoms with Crippen LogP contribution in [0.4, 0.5) is 17.3 Å². The van der Waals surface area contributed by atoms with Crippen molar-refractivity contribution in [3.8, 4) is 0 Å². The van der Waals surface area contributed by atoms with E-state index in [4.69, 9.17) is 0 Å². The molecule has 4 fully saturated rings. The fourth-order valence-corrected chi connectivity index (χ4v) is 10.2. The Kier molecular flexibility index (Phi) is 4.94. The van der Waals surface area contributed by atoms with E-state index in [1.807, 2.05) is 0 Å². The van der Waals surface area contributed by atoms with Gasteiger partial charge in [0.25, 0.3) is 0 Å². The van der Waals surface area contributed by atoms with E-state index in [1.165, 1.54) is 25.7 Å². The molecule has 26 heavy (non-hydrogen) atoms. The predicted octanol–water partition coefficient (Wildman–Crippen LogP) is 3.94. The van der Waals surface area contributed by atoms with Gasteiger partial charge in [-0.25, -0.2) is 4.79 Å². The molecule has 4 aliphatic rings. The topological polar surface area (TPSA) is 54.4 Å². The minimum Gasteiger partial charge on any atom is -0.478 e. The summed E-state index contributed by atoms with van der Waals surface area (Å²) >= 11 is 0. The number of halogens is 4. The Hall–Kier alpha value is -0.725. The maximum Gasteiger partial charge on any atom is 0.673 e. The maximum atomic E-state index is 12.9. The molecule has 1 heterocycles. The van der Waals surface area contributed by atoms with Crippen LogP contribution in [-0.4, -0.2) is 40.4 Å². The maximum absolute atomic E-state index is 12.9. The van der Waals surface area contributed by atoms with E-state index >= 15 is 0 Å². The van der Waals surface area contributed by atoms with Crippen molar-refractivity contribution in [2.24, 2.45) is 22.7 Å². The van der Waals surface area contributed by atoms with Gasteiger partial charge in [-0.05, 0) is 37.0 Å². The summed E-state index contributed by atoms with van der Waals surface area (Å²) in [5.41, 5.74) is -0.0982. The van der Waals surface area contributed by atoms with Gasteiger partial charge in [0.2, 0.25) is 5.75 Å². The number of carboxylic acids is 1. The molecule has 0 aromatic carbocycles. The van der Waals surface area contributed by atoms with Crippen LogP contribution in [-0.2, 0) is 20.5 Å². The van der Waals surface area contributed by atoms with Crippen LogP contribution in [0.2, 0.25) is 0 Å². The SMILES string of the molecule is CC1(C)[C@H]2CC[C@]1([C@H]1[C@H]3CC[C@H](C3)[S+]1CC(=O)O)C(=O)C2.F[B-](F)(F)F. The van der Waals surface area contributed by atoms with E-state index < -0.39 is 13.2 Å². The molecule has 3 saturated carbocycles. The number of carboxylic acid groups (broad SMARTS) is 1. The molecule has 0 spiro atoms. The van der Waals surface area contributed by atoms with E-state index in [9.17, 15) is 32.0 Å². The van der Waals surface area contributed by atoms with Gasteiger partial charge in [0.15, 0.2) is 0 Å². The molecule has 148 valence electrons. The van der Waals surface area contributed by atoms with E-state index in [0.717, 1.165) is 12.8 Å². The van der Waals surface area contributed by atoms with Crippen LogP contribution in [0, 0.1) is 22.7 Å². The average Bonchev–Trinajstić information content (AvgIpc) is 3.15. The summed E-state index contributed by atoms with van der Waals surface area (Å²) in [7, 11) is -6.07. The van der Waals surface area contributed by atoms with Gasteiger partial charge in [0.05, 0.1) is 5.41 Å². The van der Waals surface area contributed by atoms with E-state index in [-0.39, 0.29) is 21.7 Å². The zero-order chi connectivity index (χ0) is 19.5. The summed E-state index contributed by atoms with van der Waals surface area (Å²) in [5.74, 6) is 1.29. The third-order valence-corrected chi connectivity index (χ3v) is 10.7. The summed E-state index contributed by atoms with van der Waals surface area (Å²) in [6, 6.07) is 0. The quantitative estimate of drug-likeness (QED) is 0.447. The average molecular weight is 396 g/mol. The number of rotatable bonds is 3. The summed E-state index contributed by atoms with van der Waals surface area (Å²) in [6.07, 6.45) is 6.58. The smallest absolute Gasteiger partial charge is 0.478 e. The van der Waals surface area contributed by atoms with Gasteiger partial charge in [-0.3, -0.25) is 4.79 Å². The molecule has 0 radical (unpaired) electrons. The van der Waals surface area contributed by atoms with Crippen LogP contribution in [0.5, 0.6) is 0 Å². The number of carbonyl (C=O) groups is 2. The fraction of sp³-hybridized carbons (Fsp3) is 0.882. The lowest BCUT2D eigenvalue weighted by atomic mass is 9.64. The zero-order valence-corrected chi connectivity index (χ0v) is 15.8. The molecule has 0 aromatic rings. The molecule has 3 aliphatic carbocycles. The van der Waals surface area contributed by atoms with Gasteiger partial charge in [-0.15, -0.1) is 0 Å². The third-order valence-electron chi connectivity index (χ3n) is 7.37. The van der Waals surface area contributed by atoms with Gasteiger partial charge >= 0.3 is 13.2 Å². The highest BCUT2D eigenvalue weighted by molar-refractivity contribution is 7.99. The molecule has 0 aromatic heterocycles. The van der Waals surface area contributed by atoms with Gasteiger partial charge < -0.3 is 22.4 Å².